The van der Waals surface area contributed by atoms with Crippen molar-refractivity contribution in [2.24, 2.45) is 0 Å². The van der Waals surface area contributed by atoms with Crippen molar-refractivity contribution < 1.29 is 18.3 Å². The SMILES string of the molecule is O=C1N[C@H](c2cc(-c3cccnc3)cnc2F)[C@@H](c2ccc(F)cc2)O1. The Balaban J connectivity index is 1.75. The molecule has 0 spiro atoms. The first-order valence-electron chi connectivity index (χ1n) is 7.90. The van der Waals surface area contributed by atoms with E-state index in [9.17, 15) is 13.6 Å². The lowest BCUT2D eigenvalue weighted by atomic mass is 9.95. The van der Waals surface area contributed by atoms with Crippen molar-refractivity contribution in [3.8, 4) is 11.1 Å². The minimum Gasteiger partial charge on any atom is -0.439 e. The van der Waals surface area contributed by atoms with Gasteiger partial charge in [0.25, 0.3) is 0 Å². The molecule has 3 heterocycles. The molecule has 0 bridgehead atoms. The second-order valence-corrected chi connectivity index (χ2v) is 5.85. The summed E-state index contributed by atoms with van der Waals surface area (Å²) in [6.45, 7) is 0. The van der Waals surface area contributed by atoms with Gasteiger partial charge in [0, 0.05) is 35.3 Å². The molecule has 0 radical (unpaired) electrons. The Morgan fingerprint density at radius 1 is 1.04 bits per heavy atom. The van der Waals surface area contributed by atoms with Gasteiger partial charge in [-0.15, -0.1) is 0 Å². The van der Waals surface area contributed by atoms with Gasteiger partial charge in [-0.2, -0.15) is 4.39 Å². The molecule has 2 atom stereocenters. The van der Waals surface area contributed by atoms with Gasteiger partial charge in [-0.05, 0) is 29.8 Å². The maximum Gasteiger partial charge on any atom is 0.408 e. The molecule has 1 fully saturated rings. The third kappa shape index (κ3) is 2.99. The topological polar surface area (TPSA) is 64.1 Å². The van der Waals surface area contributed by atoms with Gasteiger partial charge in [0.2, 0.25) is 5.95 Å². The summed E-state index contributed by atoms with van der Waals surface area (Å²) in [5.74, 6) is -1.12. The zero-order chi connectivity index (χ0) is 18.1. The molecule has 5 nitrogen and oxygen atoms in total. The molecule has 7 heteroatoms. The average molecular weight is 353 g/mol. The molecule has 1 aliphatic heterocycles. The zero-order valence-corrected chi connectivity index (χ0v) is 13.4. The van der Waals surface area contributed by atoms with Crippen molar-refractivity contribution >= 4 is 6.09 Å². The molecule has 0 aliphatic carbocycles. The van der Waals surface area contributed by atoms with Crippen LogP contribution in [-0.2, 0) is 4.74 Å². The lowest BCUT2D eigenvalue weighted by molar-refractivity contribution is 0.131. The van der Waals surface area contributed by atoms with E-state index in [0.29, 0.717) is 11.1 Å². The number of alkyl carbamates (subject to hydrolysis) is 1. The van der Waals surface area contributed by atoms with Crippen LogP contribution in [0.25, 0.3) is 11.1 Å². The second kappa shape index (κ2) is 6.51. The molecule has 0 unspecified atom stereocenters. The first kappa shape index (κ1) is 16.1. The van der Waals surface area contributed by atoms with Gasteiger partial charge in [-0.1, -0.05) is 18.2 Å². The van der Waals surface area contributed by atoms with Crippen LogP contribution < -0.4 is 5.32 Å². The van der Waals surface area contributed by atoms with Crippen LogP contribution in [0.1, 0.15) is 23.3 Å². The maximum absolute atomic E-state index is 14.4. The summed E-state index contributed by atoms with van der Waals surface area (Å²) in [7, 11) is 0. The van der Waals surface area contributed by atoms with Gasteiger partial charge < -0.3 is 10.1 Å². The molecule has 2 aromatic heterocycles. The fourth-order valence-corrected chi connectivity index (χ4v) is 2.95. The number of benzene rings is 1. The van der Waals surface area contributed by atoms with Crippen LogP contribution in [0, 0.1) is 11.8 Å². The minimum atomic E-state index is -0.788. The number of nitrogens with one attached hydrogen (secondary N) is 1. The number of rotatable bonds is 3. The van der Waals surface area contributed by atoms with Crippen LogP contribution >= 0.6 is 0 Å². The maximum atomic E-state index is 14.4. The van der Waals surface area contributed by atoms with Gasteiger partial charge in [0.05, 0.1) is 0 Å². The van der Waals surface area contributed by atoms with E-state index in [2.05, 4.69) is 15.3 Å². The Kier molecular flexibility index (Phi) is 4.04. The number of ether oxygens (including phenoxy) is 1. The number of hydrogen-bond donors (Lipinski definition) is 1. The normalized spacial score (nSPS) is 19.1. The van der Waals surface area contributed by atoms with E-state index in [-0.39, 0.29) is 5.56 Å². The predicted molar refractivity (Wildman–Crippen MR) is 88.9 cm³/mol. The first-order chi connectivity index (χ1) is 12.6. The van der Waals surface area contributed by atoms with Crippen LogP contribution in [0.2, 0.25) is 0 Å². The van der Waals surface area contributed by atoms with Crippen molar-refractivity contribution in [1.29, 1.82) is 0 Å². The van der Waals surface area contributed by atoms with Gasteiger partial charge in [-0.25, -0.2) is 14.2 Å². The third-order valence-corrected chi connectivity index (χ3v) is 4.20. The molecule has 1 aliphatic rings. The summed E-state index contributed by atoms with van der Waals surface area (Å²) in [5.41, 5.74) is 2.17. The van der Waals surface area contributed by atoms with Crippen LogP contribution in [0.4, 0.5) is 13.6 Å². The van der Waals surface area contributed by atoms with Crippen molar-refractivity contribution in [2.75, 3.05) is 0 Å². The molecule has 26 heavy (non-hydrogen) atoms. The molecular formula is C19H13F2N3O2. The summed E-state index contributed by atoms with van der Waals surface area (Å²) in [6, 6.07) is 9.95. The Morgan fingerprint density at radius 2 is 1.85 bits per heavy atom. The number of pyridine rings is 2. The standard InChI is InChI=1S/C19H13F2N3O2/c20-14-5-3-11(4-6-14)17-16(24-19(25)26-17)15-8-13(10-23-18(15)21)12-2-1-7-22-9-12/h1-10,16-17H,(H,24,25)/t16-,17-/m1/s1. The van der Waals surface area contributed by atoms with E-state index in [4.69, 9.17) is 4.74 Å². The summed E-state index contributed by atoms with van der Waals surface area (Å²) >= 11 is 0. The lowest BCUT2D eigenvalue weighted by Crippen LogP contribution is -2.21. The highest BCUT2D eigenvalue weighted by molar-refractivity contribution is 5.71. The van der Waals surface area contributed by atoms with Gasteiger partial charge in [0.1, 0.15) is 11.9 Å². The van der Waals surface area contributed by atoms with Crippen LogP contribution in [0.5, 0.6) is 0 Å². The van der Waals surface area contributed by atoms with Gasteiger partial charge in [-0.3, -0.25) is 4.98 Å². The van der Waals surface area contributed by atoms with E-state index < -0.39 is 30.0 Å². The van der Waals surface area contributed by atoms with Crippen molar-refractivity contribution in [3.63, 3.8) is 0 Å². The van der Waals surface area contributed by atoms with Crippen LogP contribution in [0.3, 0.4) is 0 Å². The summed E-state index contributed by atoms with van der Waals surface area (Å²) in [6.07, 6.45) is 3.22. The summed E-state index contributed by atoms with van der Waals surface area (Å²) in [5, 5.41) is 2.60. The van der Waals surface area contributed by atoms with Crippen LogP contribution in [-0.4, -0.2) is 16.1 Å². The third-order valence-electron chi connectivity index (χ3n) is 4.20. The number of cyclic esters (lactones) is 1. The number of aromatic nitrogens is 2. The van der Waals surface area contributed by atoms with Crippen molar-refractivity contribution in [2.45, 2.75) is 12.1 Å². The molecule has 0 saturated carbocycles. The molecule has 3 aromatic rings. The molecule has 1 amide bonds. The molecule has 1 saturated heterocycles. The Hall–Kier alpha value is -3.35. The molecule has 4 rings (SSSR count). The highest BCUT2D eigenvalue weighted by Gasteiger charge is 2.38. The molecule has 1 N–H and O–H groups in total. The summed E-state index contributed by atoms with van der Waals surface area (Å²) in [4.78, 5) is 19.6. The largest absolute Gasteiger partial charge is 0.439 e. The fourth-order valence-electron chi connectivity index (χ4n) is 2.95. The Morgan fingerprint density at radius 3 is 2.58 bits per heavy atom. The van der Waals surface area contributed by atoms with Gasteiger partial charge in [0.15, 0.2) is 6.10 Å². The predicted octanol–water partition coefficient (Wildman–Crippen LogP) is 3.94. The van der Waals surface area contributed by atoms with E-state index in [1.807, 2.05) is 6.07 Å². The Labute approximate surface area is 147 Å². The zero-order valence-electron chi connectivity index (χ0n) is 13.4. The van der Waals surface area contributed by atoms with E-state index in [0.717, 1.165) is 5.56 Å². The number of carbonyl (C=O) groups is 1. The first-order valence-corrected chi connectivity index (χ1v) is 7.90. The monoisotopic (exact) mass is 353 g/mol. The van der Waals surface area contributed by atoms with Crippen LogP contribution in [0.15, 0.2) is 61.1 Å². The quantitative estimate of drug-likeness (QED) is 0.725. The fraction of sp³-hybridized carbons (Fsp3) is 0.105. The van der Waals surface area contributed by atoms with E-state index >= 15 is 0 Å². The number of halogens is 2. The minimum absolute atomic E-state index is 0.187. The molecule has 130 valence electrons. The number of nitrogens with zero attached hydrogens (tertiary/aromatic N) is 2. The number of amides is 1. The lowest BCUT2D eigenvalue weighted by Gasteiger charge is -2.18. The molecule has 1 aromatic carbocycles. The van der Waals surface area contributed by atoms with Crippen molar-refractivity contribution in [1.82, 2.24) is 15.3 Å². The van der Waals surface area contributed by atoms with E-state index in [1.165, 1.54) is 30.5 Å². The smallest absolute Gasteiger partial charge is 0.408 e. The van der Waals surface area contributed by atoms with E-state index in [1.54, 1.807) is 24.5 Å². The highest BCUT2D eigenvalue weighted by Crippen LogP contribution is 2.38. The number of carbonyl (C=O) groups excluding carboxylic acids is 1. The average Bonchev–Trinajstić information content (AvgIpc) is 3.05. The molecular weight excluding hydrogens is 340 g/mol. The van der Waals surface area contributed by atoms with Gasteiger partial charge >= 0.3 is 6.09 Å². The van der Waals surface area contributed by atoms with Crippen molar-refractivity contribution in [3.05, 3.63) is 83.9 Å². The summed E-state index contributed by atoms with van der Waals surface area (Å²) < 4.78 is 32.9. The number of hydrogen-bond acceptors (Lipinski definition) is 4. The second-order valence-electron chi connectivity index (χ2n) is 5.85. The highest BCUT2D eigenvalue weighted by atomic mass is 19.1. The Bertz CT molecular complexity index is 949.